The summed E-state index contributed by atoms with van der Waals surface area (Å²) in [6, 6.07) is 15.3. The number of hydrogen-bond donors (Lipinski definition) is 2. The van der Waals surface area contributed by atoms with Gasteiger partial charge in [-0.25, -0.2) is 4.79 Å². The first kappa shape index (κ1) is 14.8. The van der Waals surface area contributed by atoms with Gasteiger partial charge >= 0.3 is 6.03 Å². The molecule has 2 amide bonds. The Hall–Kier alpha value is -2.62. The molecule has 4 heteroatoms. The van der Waals surface area contributed by atoms with E-state index in [1.165, 1.54) is 0 Å². The summed E-state index contributed by atoms with van der Waals surface area (Å²) in [6.07, 6.45) is 5.61. The van der Waals surface area contributed by atoms with Gasteiger partial charge in [0.05, 0.1) is 11.7 Å². The van der Waals surface area contributed by atoms with E-state index >= 15 is 0 Å². The van der Waals surface area contributed by atoms with Gasteiger partial charge in [0.25, 0.3) is 0 Å². The van der Waals surface area contributed by atoms with Gasteiger partial charge in [-0.15, -0.1) is 0 Å². The minimum Gasteiger partial charge on any atom is -0.335 e. The fourth-order valence-electron chi connectivity index (χ4n) is 1.86. The second-order valence-corrected chi connectivity index (χ2v) is 4.64. The number of nitrogens with one attached hydrogen (secondary N) is 2. The van der Waals surface area contributed by atoms with Crippen molar-refractivity contribution >= 4 is 12.1 Å². The van der Waals surface area contributed by atoms with Crippen molar-refractivity contribution in [3.05, 3.63) is 72.1 Å². The highest BCUT2D eigenvalue weighted by molar-refractivity contribution is 5.74. The predicted octanol–water partition coefficient (Wildman–Crippen LogP) is 3.16. The summed E-state index contributed by atoms with van der Waals surface area (Å²) in [6.45, 7) is 2.39. The molecule has 0 bridgehead atoms. The van der Waals surface area contributed by atoms with Crippen LogP contribution >= 0.6 is 0 Å². The van der Waals surface area contributed by atoms with E-state index in [0.717, 1.165) is 11.3 Å². The van der Waals surface area contributed by atoms with E-state index in [1.807, 2.05) is 67.6 Å². The number of hydrogen-bond acceptors (Lipinski definition) is 2. The molecule has 0 saturated heterocycles. The summed E-state index contributed by atoms with van der Waals surface area (Å²) in [7, 11) is 0. The maximum absolute atomic E-state index is 11.8. The van der Waals surface area contributed by atoms with Crippen molar-refractivity contribution in [1.82, 2.24) is 15.6 Å². The lowest BCUT2D eigenvalue weighted by Gasteiger charge is -2.13. The van der Waals surface area contributed by atoms with Gasteiger partial charge in [0, 0.05) is 12.7 Å². The average Bonchev–Trinajstić information content (AvgIpc) is 2.53. The summed E-state index contributed by atoms with van der Waals surface area (Å²) in [5.41, 5.74) is 1.95. The van der Waals surface area contributed by atoms with E-state index in [1.54, 1.807) is 6.20 Å². The van der Waals surface area contributed by atoms with E-state index in [9.17, 15) is 4.79 Å². The number of amides is 2. The van der Waals surface area contributed by atoms with Crippen molar-refractivity contribution < 1.29 is 4.79 Å². The Morgan fingerprint density at radius 1 is 1.19 bits per heavy atom. The lowest BCUT2D eigenvalue weighted by molar-refractivity contribution is 0.238. The summed E-state index contributed by atoms with van der Waals surface area (Å²) < 4.78 is 0. The average molecular weight is 281 g/mol. The van der Waals surface area contributed by atoms with Gasteiger partial charge in [-0.3, -0.25) is 4.98 Å². The van der Waals surface area contributed by atoms with Crippen molar-refractivity contribution in [3.8, 4) is 0 Å². The van der Waals surface area contributed by atoms with E-state index in [0.29, 0.717) is 6.54 Å². The second kappa shape index (κ2) is 7.85. The molecule has 1 aromatic carbocycles. The predicted molar refractivity (Wildman–Crippen MR) is 84.7 cm³/mol. The first-order chi connectivity index (χ1) is 10.3. The van der Waals surface area contributed by atoms with Crippen LogP contribution in [0, 0.1) is 0 Å². The lowest BCUT2D eigenvalue weighted by atomic mass is 10.2. The van der Waals surface area contributed by atoms with Gasteiger partial charge < -0.3 is 10.6 Å². The van der Waals surface area contributed by atoms with Gasteiger partial charge in [-0.05, 0) is 24.6 Å². The molecule has 2 N–H and O–H groups in total. The zero-order valence-electron chi connectivity index (χ0n) is 12.0. The van der Waals surface area contributed by atoms with Gasteiger partial charge in [-0.1, -0.05) is 48.6 Å². The Bertz CT molecular complexity index is 581. The lowest BCUT2D eigenvalue weighted by Crippen LogP contribution is -2.37. The van der Waals surface area contributed by atoms with Gasteiger partial charge in [0.2, 0.25) is 0 Å². The summed E-state index contributed by atoms with van der Waals surface area (Å²) in [5, 5.41) is 5.64. The smallest absolute Gasteiger partial charge is 0.315 e. The third kappa shape index (κ3) is 5.10. The van der Waals surface area contributed by atoms with Crippen molar-refractivity contribution in [3.63, 3.8) is 0 Å². The van der Waals surface area contributed by atoms with Crippen LogP contribution in [0.15, 0.2) is 60.8 Å². The minimum absolute atomic E-state index is 0.121. The van der Waals surface area contributed by atoms with Crippen molar-refractivity contribution in [2.24, 2.45) is 0 Å². The van der Waals surface area contributed by atoms with Crippen LogP contribution < -0.4 is 10.6 Å². The summed E-state index contributed by atoms with van der Waals surface area (Å²) in [5.74, 6) is 0. The van der Waals surface area contributed by atoms with Crippen molar-refractivity contribution in [2.75, 3.05) is 6.54 Å². The van der Waals surface area contributed by atoms with E-state index in [-0.39, 0.29) is 12.1 Å². The van der Waals surface area contributed by atoms with Crippen molar-refractivity contribution in [2.45, 2.75) is 13.0 Å². The summed E-state index contributed by atoms with van der Waals surface area (Å²) >= 11 is 0. The van der Waals surface area contributed by atoms with E-state index in [2.05, 4.69) is 15.6 Å². The first-order valence-corrected chi connectivity index (χ1v) is 6.92. The molecule has 0 aliphatic carbocycles. The summed E-state index contributed by atoms with van der Waals surface area (Å²) in [4.78, 5) is 16.0. The highest BCUT2D eigenvalue weighted by Gasteiger charge is 2.08. The van der Waals surface area contributed by atoms with Crippen LogP contribution in [0.5, 0.6) is 0 Å². The molecular formula is C17H19N3O. The van der Waals surface area contributed by atoms with Crippen LogP contribution in [0.1, 0.15) is 24.2 Å². The SMILES string of the molecule is C[C@H](NC(=O)NC/C=C/c1ccccc1)c1ccccn1. The Labute approximate surface area is 124 Å². The molecule has 1 heterocycles. The van der Waals surface area contributed by atoms with Crippen molar-refractivity contribution in [1.29, 1.82) is 0 Å². The monoisotopic (exact) mass is 281 g/mol. The van der Waals surface area contributed by atoms with Crippen LogP contribution in [0.3, 0.4) is 0 Å². The van der Waals surface area contributed by atoms with Crippen LogP contribution in [0.2, 0.25) is 0 Å². The third-order valence-electron chi connectivity index (χ3n) is 2.97. The van der Waals surface area contributed by atoms with Gasteiger partial charge in [-0.2, -0.15) is 0 Å². The molecule has 0 aliphatic rings. The fourth-order valence-corrected chi connectivity index (χ4v) is 1.86. The fraction of sp³-hybridized carbons (Fsp3) is 0.176. The first-order valence-electron chi connectivity index (χ1n) is 6.92. The highest BCUT2D eigenvalue weighted by Crippen LogP contribution is 2.07. The molecule has 0 aliphatic heterocycles. The number of pyridine rings is 1. The number of carbonyl (C=O) groups excluding carboxylic acids is 1. The zero-order valence-corrected chi connectivity index (χ0v) is 12.0. The van der Waals surface area contributed by atoms with E-state index < -0.39 is 0 Å². The molecule has 0 unspecified atom stereocenters. The molecule has 0 saturated carbocycles. The van der Waals surface area contributed by atoms with Crippen LogP contribution in [-0.4, -0.2) is 17.6 Å². The second-order valence-electron chi connectivity index (χ2n) is 4.64. The van der Waals surface area contributed by atoms with Gasteiger partial charge in [0.15, 0.2) is 0 Å². The zero-order chi connectivity index (χ0) is 14.9. The number of rotatable bonds is 5. The maximum atomic E-state index is 11.8. The quantitative estimate of drug-likeness (QED) is 0.884. The number of nitrogens with zero attached hydrogens (tertiary/aromatic N) is 1. The molecule has 0 radical (unpaired) electrons. The number of aromatic nitrogens is 1. The Morgan fingerprint density at radius 2 is 1.95 bits per heavy atom. The largest absolute Gasteiger partial charge is 0.335 e. The molecule has 0 fully saturated rings. The molecule has 108 valence electrons. The molecule has 21 heavy (non-hydrogen) atoms. The standard InChI is InChI=1S/C17H19N3O/c1-14(16-11-5-6-12-18-16)20-17(21)19-13-7-10-15-8-3-2-4-9-15/h2-12,14H,13H2,1H3,(H2,19,20,21)/b10-7+/t14-/m0/s1. The Morgan fingerprint density at radius 3 is 2.67 bits per heavy atom. The maximum Gasteiger partial charge on any atom is 0.315 e. The normalized spacial score (nSPS) is 12.0. The third-order valence-corrected chi connectivity index (χ3v) is 2.97. The molecule has 4 nitrogen and oxygen atoms in total. The molecule has 1 atom stereocenters. The Kier molecular flexibility index (Phi) is 5.52. The van der Waals surface area contributed by atoms with Crippen LogP contribution in [-0.2, 0) is 0 Å². The van der Waals surface area contributed by atoms with Gasteiger partial charge in [0.1, 0.15) is 0 Å². The van der Waals surface area contributed by atoms with Crippen LogP contribution in [0.4, 0.5) is 4.79 Å². The Balaban J connectivity index is 1.74. The number of urea groups is 1. The number of benzene rings is 1. The minimum atomic E-state index is -0.203. The molecule has 0 spiro atoms. The van der Waals surface area contributed by atoms with Crippen LogP contribution in [0.25, 0.3) is 6.08 Å². The molecular weight excluding hydrogens is 262 g/mol. The molecule has 2 aromatic rings. The highest BCUT2D eigenvalue weighted by atomic mass is 16.2. The number of carbonyl (C=O) groups is 1. The van der Waals surface area contributed by atoms with E-state index in [4.69, 9.17) is 0 Å². The topological polar surface area (TPSA) is 54.0 Å². The molecule has 1 aromatic heterocycles. The molecule has 2 rings (SSSR count).